The zero-order valence-electron chi connectivity index (χ0n) is 34.0. The molecule has 1 aromatic carbocycles. The molecule has 0 bridgehead atoms. The van der Waals surface area contributed by atoms with Crippen LogP contribution in [-0.2, 0) is 49.4 Å². The highest BCUT2D eigenvalue weighted by Crippen LogP contribution is 2.30. The van der Waals surface area contributed by atoms with Crippen LogP contribution in [-0.4, -0.2) is 99.0 Å². The molecule has 0 radical (unpaired) electrons. The van der Waals surface area contributed by atoms with E-state index in [-0.39, 0.29) is 31.3 Å². The van der Waals surface area contributed by atoms with Crippen molar-refractivity contribution in [2.75, 3.05) is 24.7 Å². The Labute approximate surface area is 343 Å². The molecule has 57 heavy (non-hydrogen) atoms. The highest BCUT2D eigenvalue weighted by molar-refractivity contribution is 8.14. The lowest BCUT2D eigenvalue weighted by atomic mass is 9.83. The number of hydrogen-bond donors (Lipinski definition) is 5. The standard InChI is InChI=1S/C40H61N5O10S2/c1-7-15-28(34(47)37(50)41-23-30(46)44-33(27-18-12-9-13-19-27)38(51)55-40(4,5)6)42-35(48)29(22-31-56-20-14-21-57(31)53)43-36(49)32(26-16-10-8-11-17-26)45-39(52)54-24-25(2)3/h9,12-13,18-19,25-26,28-29,31-33H,7-8,10-11,14-17,20-24H2,1-6H3,(H,41,50)(H,42,48)(H,43,49)(H,44,46)(H,45,52). The van der Waals surface area contributed by atoms with E-state index < -0.39 is 93.5 Å². The first-order chi connectivity index (χ1) is 27.0. The molecule has 6 atom stereocenters. The summed E-state index contributed by atoms with van der Waals surface area (Å²) >= 11 is 0.156. The molecule has 2 fully saturated rings. The molecule has 2 aliphatic rings. The summed E-state index contributed by atoms with van der Waals surface area (Å²) < 4.78 is 23.3. The van der Waals surface area contributed by atoms with Gasteiger partial charge in [0.2, 0.25) is 23.5 Å². The number of thioether (sulfide) groups is 1. The maximum Gasteiger partial charge on any atom is 0.407 e. The lowest BCUT2D eigenvalue weighted by Gasteiger charge is -2.33. The molecule has 3 rings (SSSR count). The normalized spacial score (nSPS) is 19.5. The summed E-state index contributed by atoms with van der Waals surface area (Å²) in [6.45, 7) is 10.1. The van der Waals surface area contributed by atoms with E-state index in [1.165, 1.54) is 11.8 Å². The Morgan fingerprint density at radius 1 is 0.895 bits per heavy atom. The van der Waals surface area contributed by atoms with Crippen molar-refractivity contribution in [2.24, 2.45) is 11.8 Å². The minimum absolute atomic E-state index is 0.0103. The van der Waals surface area contributed by atoms with Crippen LogP contribution in [0, 0.1) is 11.8 Å². The van der Waals surface area contributed by atoms with Gasteiger partial charge < -0.3 is 40.6 Å². The third-order valence-electron chi connectivity index (χ3n) is 9.30. The predicted molar refractivity (Wildman–Crippen MR) is 218 cm³/mol. The van der Waals surface area contributed by atoms with Crippen molar-refractivity contribution in [3.05, 3.63) is 35.9 Å². The smallest absolute Gasteiger partial charge is 0.407 e. The van der Waals surface area contributed by atoms with Crippen LogP contribution in [0.5, 0.6) is 0 Å². The number of nitrogens with one attached hydrogen (secondary N) is 5. The zero-order chi connectivity index (χ0) is 42.1. The summed E-state index contributed by atoms with van der Waals surface area (Å²) in [6.07, 6.45) is 4.59. The fourth-order valence-electron chi connectivity index (χ4n) is 6.49. The van der Waals surface area contributed by atoms with Crippen LogP contribution in [0.3, 0.4) is 0 Å². The molecule has 0 aromatic heterocycles. The van der Waals surface area contributed by atoms with Crippen molar-refractivity contribution < 1.29 is 47.6 Å². The maximum absolute atomic E-state index is 14.0. The van der Waals surface area contributed by atoms with E-state index in [0.29, 0.717) is 30.6 Å². The molecular weight excluding hydrogens is 775 g/mol. The number of carbonyl (C=O) groups excluding carboxylic acids is 7. The van der Waals surface area contributed by atoms with E-state index in [1.807, 2.05) is 13.8 Å². The van der Waals surface area contributed by atoms with E-state index in [0.717, 1.165) is 31.4 Å². The number of rotatable bonds is 19. The lowest BCUT2D eigenvalue weighted by molar-refractivity contribution is -0.158. The summed E-state index contributed by atoms with van der Waals surface area (Å²) in [6, 6.07) is 3.69. The molecule has 6 unspecified atom stereocenters. The molecule has 318 valence electrons. The molecule has 15 nitrogen and oxygen atoms in total. The van der Waals surface area contributed by atoms with Gasteiger partial charge in [0.05, 0.1) is 19.2 Å². The zero-order valence-corrected chi connectivity index (χ0v) is 35.7. The van der Waals surface area contributed by atoms with Crippen LogP contribution in [0.15, 0.2) is 30.3 Å². The van der Waals surface area contributed by atoms with Gasteiger partial charge in [0, 0.05) is 18.6 Å². The molecule has 1 heterocycles. The third-order valence-corrected chi connectivity index (χ3v) is 12.9. The van der Waals surface area contributed by atoms with Gasteiger partial charge in [-0.1, -0.05) is 76.8 Å². The van der Waals surface area contributed by atoms with Crippen molar-refractivity contribution >= 4 is 64.4 Å². The number of ether oxygens (including phenoxy) is 2. The topological polar surface area (TPSA) is 221 Å². The van der Waals surface area contributed by atoms with Gasteiger partial charge in [-0.2, -0.15) is 0 Å². The summed E-state index contributed by atoms with van der Waals surface area (Å²) in [7, 11) is 0. The van der Waals surface area contributed by atoms with Crippen LogP contribution in [0.4, 0.5) is 4.79 Å². The summed E-state index contributed by atoms with van der Waals surface area (Å²) in [4.78, 5) is 93.4. The Morgan fingerprint density at radius 3 is 2.18 bits per heavy atom. The Bertz CT molecular complexity index is 1520. The predicted octanol–water partition coefficient (Wildman–Crippen LogP) is 3.57. The molecule has 1 saturated heterocycles. The maximum atomic E-state index is 14.0. The number of benzene rings is 1. The first kappa shape index (κ1) is 47.5. The van der Waals surface area contributed by atoms with Gasteiger partial charge >= 0.3 is 12.1 Å². The number of carbonyl (C=O) groups is 7. The molecule has 1 aromatic rings. The SMILES string of the molecule is CCCC(NC(=O)C(CC1SCCC[S+]1[O-])NC(=O)C(NC(=O)OCC(C)C)C1CCCCC1)C(=O)C(=O)NCC(=O)NC(C(=O)OC(C)(C)C)c1ccccc1. The summed E-state index contributed by atoms with van der Waals surface area (Å²) in [5.74, 6) is -3.92. The van der Waals surface area contributed by atoms with Crippen molar-refractivity contribution in [3.8, 4) is 0 Å². The van der Waals surface area contributed by atoms with E-state index in [4.69, 9.17) is 9.47 Å². The van der Waals surface area contributed by atoms with Crippen molar-refractivity contribution in [1.29, 1.82) is 0 Å². The van der Waals surface area contributed by atoms with Crippen LogP contribution < -0.4 is 26.6 Å². The van der Waals surface area contributed by atoms with Crippen LogP contribution >= 0.6 is 11.8 Å². The second-order valence-electron chi connectivity index (χ2n) is 15.9. The monoisotopic (exact) mass is 835 g/mol. The molecule has 17 heteroatoms. The minimum atomic E-state index is -1.31. The fourth-order valence-corrected chi connectivity index (χ4v) is 9.86. The largest absolute Gasteiger partial charge is 0.615 e. The van der Waals surface area contributed by atoms with E-state index in [1.54, 1.807) is 58.0 Å². The first-order valence-corrected chi connectivity index (χ1v) is 22.3. The lowest BCUT2D eigenvalue weighted by Crippen LogP contribution is -2.59. The van der Waals surface area contributed by atoms with Gasteiger partial charge in [-0.3, -0.25) is 24.0 Å². The Kier molecular flexibility index (Phi) is 19.6. The second-order valence-corrected chi connectivity index (χ2v) is 19.2. The number of esters is 1. The Hall–Kier alpha value is -3.83. The average Bonchev–Trinajstić information content (AvgIpc) is 3.17. The molecular formula is C40H61N5O10S2. The van der Waals surface area contributed by atoms with Crippen molar-refractivity contribution in [1.82, 2.24) is 26.6 Å². The summed E-state index contributed by atoms with van der Waals surface area (Å²) in [5.41, 5.74) is -0.380. The van der Waals surface area contributed by atoms with E-state index in [2.05, 4.69) is 26.6 Å². The van der Waals surface area contributed by atoms with Crippen LogP contribution in [0.2, 0.25) is 0 Å². The van der Waals surface area contributed by atoms with Gasteiger partial charge in [0.1, 0.15) is 23.4 Å². The molecule has 5 N–H and O–H groups in total. The number of amides is 5. The minimum Gasteiger partial charge on any atom is -0.615 e. The van der Waals surface area contributed by atoms with Crippen LogP contribution in [0.1, 0.15) is 111 Å². The number of hydrogen-bond acceptors (Lipinski definition) is 11. The van der Waals surface area contributed by atoms with Crippen molar-refractivity contribution in [2.45, 2.75) is 134 Å². The number of alkyl carbamates (subject to hydrolysis) is 1. The van der Waals surface area contributed by atoms with Gasteiger partial charge in [0.25, 0.3) is 5.91 Å². The summed E-state index contributed by atoms with van der Waals surface area (Å²) in [5, 5.41) is 13.0. The highest BCUT2D eigenvalue weighted by atomic mass is 32.3. The third kappa shape index (κ3) is 16.5. The fraction of sp³-hybridized carbons (Fsp3) is 0.675. The van der Waals surface area contributed by atoms with Gasteiger partial charge in [0.15, 0.2) is 10.6 Å². The van der Waals surface area contributed by atoms with Gasteiger partial charge in [-0.05, 0) is 68.6 Å². The molecule has 1 saturated carbocycles. The molecule has 0 spiro atoms. The van der Waals surface area contributed by atoms with E-state index >= 15 is 0 Å². The average molecular weight is 836 g/mol. The Morgan fingerprint density at radius 2 is 1.56 bits per heavy atom. The van der Waals surface area contributed by atoms with E-state index in [9.17, 15) is 38.1 Å². The van der Waals surface area contributed by atoms with Crippen LogP contribution in [0.25, 0.3) is 0 Å². The number of Topliss-reactive ketones (excluding diaryl/α,β-unsaturated/α-hetero) is 1. The quantitative estimate of drug-likeness (QED) is 0.0771. The highest BCUT2D eigenvalue weighted by Gasteiger charge is 2.39. The van der Waals surface area contributed by atoms with Crippen molar-refractivity contribution in [3.63, 3.8) is 0 Å². The molecule has 5 amide bonds. The second kappa shape index (κ2) is 23.5. The molecule has 1 aliphatic carbocycles. The van der Waals surface area contributed by atoms with Gasteiger partial charge in [-0.25, -0.2) is 9.59 Å². The Balaban J connectivity index is 1.74. The molecule has 1 aliphatic heterocycles. The van der Waals surface area contributed by atoms with Gasteiger partial charge in [-0.15, -0.1) is 11.8 Å². The first-order valence-electron chi connectivity index (χ1n) is 19.9. The number of ketones is 1.